The van der Waals surface area contributed by atoms with E-state index in [9.17, 15) is 14.4 Å². The number of carbonyl (C=O) groups is 3. The average molecular weight is 293 g/mol. The molecule has 3 aliphatic rings. The van der Waals surface area contributed by atoms with Gasteiger partial charge in [-0.1, -0.05) is 12.8 Å². The van der Waals surface area contributed by atoms with Gasteiger partial charge in [0.2, 0.25) is 17.7 Å². The smallest absolute Gasteiger partial charge is 0.248 e. The number of nitrogens with zero attached hydrogens (tertiary/aromatic N) is 1. The predicted octanol–water partition coefficient (Wildman–Crippen LogP) is 0.171. The summed E-state index contributed by atoms with van der Waals surface area (Å²) in [7, 11) is 0. The second kappa shape index (κ2) is 5.00. The first kappa shape index (κ1) is 14.4. The first-order chi connectivity index (χ1) is 9.90. The van der Waals surface area contributed by atoms with E-state index in [0.717, 1.165) is 25.7 Å². The lowest BCUT2D eigenvalue weighted by atomic mass is 9.96. The molecule has 1 saturated carbocycles. The fourth-order valence-electron chi connectivity index (χ4n) is 3.78. The molecule has 2 aliphatic heterocycles. The maximum absolute atomic E-state index is 12.4. The summed E-state index contributed by atoms with van der Waals surface area (Å²) in [5, 5.41) is 5.77. The monoisotopic (exact) mass is 293 g/mol. The first-order valence-corrected chi connectivity index (χ1v) is 7.83. The Bertz CT molecular complexity index is 483. The van der Waals surface area contributed by atoms with Gasteiger partial charge in [0, 0.05) is 12.5 Å². The fraction of sp³-hybridized carbons (Fsp3) is 0.800. The van der Waals surface area contributed by atoms with E-state index in [2.05, 4.69) is 10.6 Å². The molecule has 2 atom stereocenters. The van der Waals surface area contributed by atoms with Gasteiger partial charge >= 0.3 is 0 Å². The highest BCUT2D eigenvalue weighted by atomic mass is 16.2. The molecular formula is C15H23N3O3. The summed E-state index contributed by atoms with van der Waals surface area (Å²) in [6.07, 6.45) is 4.73. The summed E-state index contributed by atoms with van der Waals surface area (Å²) in [5.74, 6) is -0.0965. The molecule has 2 heterocycles. The third-order valence-corrected chi connectivity index (χ3v) is 4.95. The van der Waals surface area contributed by atoms with E-state index in [4.69, 9.17) is 0 Å². The van der Waals surface area contributed by atoms with Crippen LogP contribution in [0, 0.1) is 5.92 Å². The van der Waals surface area contributed by atoms with Crippen molar-refractivity contribution in [2.45, 2.75) is 63.6 Å². The minimum atomic E-state index is -0.849. The lowest BCUT2D eigenvalue weighted by molar-refractivity contribution is -0.151. The summed E-state index contributed by atoms with van der Waals surface area (Å²) in [6.45, 7) is 3.97. The van der Waals surface area contributed by atoms with Crippen LogP contribution in [0.3, 0.4) is 0 Å². The van der Waals surface area contributed by atoms with Crippen molar-refractivity contribution in [3.8, 4) is 0 Å². The first-order valence-electron chi connectivity index (χ1n) is 7.83. The van der Waals surface area contributed by atoms with Crippen LogP contribution in [0.25, 0.3) is 0 Å². The van der Waals surface area contributed by atoms with Gasteiger partial charge in [0.05, 0.1) is 6.04 Å². The van der Waals surface area contributed by atoms with Crippen LogP contribution in [0.15, 0.2) is 0 Å². The number of amides is 3. The van der Waals surface area contributed by atoms with Crippen LogP contribution < -0.4 is 10.6 Å². The second-order valence-electron chi connectivity index (χ2n) is 6.94. The van der Waals surface area contributed by atoms with E-state index in [1.165, 1.54) is 0 Å². The van der Waals surface area contributed by atoms with Crippen LogP contribution in [0.2, 0.25) is 0 Å². The normalized spacial score (nSPS) is 32.0. The highest BCUT2D eigenvalue weighted by Crippen LogP contribution is 2.29. The van der Waals surface area contributed by atoms with Crippen molar-refractivity contribution in [3.63, 3.8) is 0 Å². The van der Waals surface area contributed by atoms with E-state index in [0.29, 0.717) is 13.0 Å². The molecule has 2 saturated heterocycles. The Morgan fingerprint density at radius 1 is 1.24 bits per heavy atom. The van der Waals surface area contributed by atoms with Crippen molar-refractivity contribution in [2.75, 3.05) is 6.54 Å². The summed E-state index contributed by atoms with van der Waals surface area (Å²) < 4.78 is 0. The Kier molecular flexibility index (Phi) is 3.42. The van der Waals surface area contributed by atoms with Crippen LogP contribution in [-0.2, 0) is 14.4 Å². The van der Waals surface area contributed by atoms with Gasteiger partial charge in [0.1, 0.15) is 11.6 Å². The SMILES string of the molecule is CC1(C)NC(=O)[C@@H]2[C@@H](NC(=O)C3CCCC3)CCN2C1=O. The zero-order chi connectivity index (χ0) is 15.2. The van der Waals surface area contributed by atoms with Gasteiger partial charge in [-0.15, -0.1) is 0 Å². The van der Waals surface area contributed by atoms with E-state index in [-0.39, 0.29) is 29.7 Å². The molecule has 0 spiro atoms. The Morgan fingerprint density at radius 2 is 1.90 bits per heavy atom. The standard InChI is InChI=1S/C15H23N3O3/c1-15(2)14(21)18-8-7-10(11(18)13(20)17-15)16-12(19)9-5-3-4-6-9/h9-11H,3-8H2,1-2H3,(H,16,19)(H,17,20)/t10-,11-/m0/s1. The summed E-state index contributed by atoms with van der Waals surface area (Å²) in [6, 6.07) is -0.797. The van der Waals surface area contributed by atoms with Crippen molar-refractivity contribution in [1.82, 2.24) is 15.5 Å². The molecule has 0 aromatic heterocycles. The maximum atomic E-state index is 12.4. The fourth-order valence-corrected chi connectivity index (χ4v) is 3.78. The van der Waals surface area contributed by atoms with E-state index in [1.807, 2.05) is 0 Å². The number of hydrogen-bond donors (Lipinski definition) is 2. The topological polar surface area (TPSA) is 78.5 Å². The minimum absolute atomic E-state index is 0.0458. The highest BCUT2D eigenvalue weighted by molar-refractivity contribution is 6.00. The second-order valence-corrected chi connectivity index (χ2v) is 6.94. The zero-order valence-corrected chi connectivity index (χ0v) is 12.6. The average Bonchev–Trinajstić information content (AvgIpc) is 3.05. The Balaban J connectivity index is 1.70. The lowest BCUT2D eigenvalue weighted by Gasteiger charge is -2.40. The largest absolute Gasteiger partial charge is 0.350 e. The molecular weight excluding hydrogens is 270 g/mol. The van der Waals surface area contributed by atoms with Gasteiger partial charge in [-0.05, 0) is 33.1 Å². The molecule has 2 N–H and O–H groups in total. The van der Waals surface area contributed by atoms with Crippen molar-refractivity contribution in [2.24, 2.45) is 5.92 Å². The molecule has 6 nitrogen and oxygen atoms in total. The van der Waals surface area contributed by atoms with Gasteiger partial charge in [0.15, 0.2) is 0 Å². The van der Waals surface area contributed by atoms with Gasteiger partial charge in [0.25, 0.3) is 0 Å². The maximum Gasteiger partial charge on any atom is 0.248 e. The molecule has 0 aromatic carbocycles. The van der Waals surface area contributed by atoms with Gasteiger partial charge in [-0.3, -0.25) is 14.4 Å². The number of nitrogens with one attached hydrogen (secondary N) is 2. The van der Waals surface area contributed by atoms with E-state index < -0.39 is 11.6 Å². The Labute approximate surface area is 124 Å². The highest BCUT2D eigenvalue weighted by Gasteiger charge is 2.51. The van der Waals surface area contributed by atoms with Crippen molar-refractivity contribution in [3.05, 3.63) is 0 Å². The third-order valence-electron chi connectivity index (χ3n) is 4.95. The number of fused-ring (bicyclic) bond motifs is 1. The van der Waals surface area contributed by atoms with Crippen molar-refractivity contribution >= 4 is 17.7 Å². The summed E-state index contributed by atoms with van der Waals surface area (Å²) in [5.41, 5.74) is -0.849. The molecule has 0 aromatic rings. The number of carbonyl (C=O) groups excluding carboxylic acids is 3. The molecule has 0 unspecified atom stereocenters. The molecule has 21 heavy (non-hydrogen) atoms. The molecule has 3 fully saturated rings. The number of piperazine rings is 1. The Hall–Kier alpha value is -1.59. The predicted molar refractivity (Wildman–Crippen MR) is 76.2 cm³/mol. The molecule has 0 bridgehead atoms. The van der Waals surface area contributed by atoms with Crippen LogP contribution in [0.4, 0.5) is 0 Å². The summed E-state index contributed by atoms with van der Waals surface area (Å²) in [4.78, 5) is 38.5. The zero-order valence-electron chi connectivity index (χ0n) is 12.6. The summed E-state index contributed by atoms with van der Waals surface area (Å²) >= 11 is 0. The van der Waals surface area contributed by atoms with E-state index >= 15 is 0 Å². The van der Waals surface area contributed by atoms with Crippen LogP contribution in [0.1, 0.15) is 46.0 Å². The van der Waals surface area contributed by atoms with Crippen LogP contribution >= 0.6 is 0 Å². The number of rotatable bonds is 2. The molecule has 3 rings (SSSR count). The van der Waals surface area contributed by atoms with Gasteiger partial charge in [-0.25, -0.2) is 0 Å². The van der Waals surface area contributed by atoms with Gasteiger partial charge < -0.3 is 15.5 Å². The molecule has 3 amide bonds. The quantitative estimate of drug-likeness (QED) is 0.762. The van der Waals surface area contributed by atoms with Crippen molar-refractivity contribution in [1.29, 1.82) is 0 Å². The van der Waals surface area contributed by atoms with Gasteiger partial charge in [-0.2, -0.15) is 0 Å². The molecule has 116 valence electrons. The van der Waals surface area contributed by atoms with Crippen LogP contribution in [0.5, 0.6) is 0 Å². The number of hydrogen-bond acceptors (Lipinski definition) is 3. The van der Waals surface area contributed by atoms with Crippen LogP contribution in [-0.4, -0.2) is 46.8 Å². The van der Waals surface area contributed by atoms with Crippen molar-refractivity contribution < 1.29 is 14.4 Å². The molecule has 1 aliphatic carbocycles. The Morgan fingerprint density at radius 3 is 2.57 bits per heavy atom. The lowest BCUT2D eigenvalue weighted by Crippen LogP contribution is -2.69. The van der Waals surface area contributed by atoms with E-state index in [1.54, 1.807) is 18.7 Å². The molecule has 6 heteroatoms. The minimum Gasteiger partial charge on any atom is -0.350 e. The molecule has 0 radical (unpaired) electrons. The third kappa shape index (κ3) is 2.40.